The molecule has 11 heavy (non-hydrogen) atoms. The predicted molar refractivity (Wildman–Crippen MR) is 41.6 cm³/mol. The topological polar surface area (TPSA) is 58.2 Å². The Morgan fingerprint density at radius 1 is 1.82 bits per heavy atom. The van der Waals surface area contributed by atoms with Gasteiger partial charge in [-0.25, -0.2) is 0 Å². The summed E-state index contributed by atoms with van der Waals surface area (Å²) in [7, 11) is 1.30. The van der Waals surface area contributed by atoms with Crippen LogP contribution in [0.25, 0.3) is 0 Å². The van der Waals surface area contributed by atoms with Crippen molar-refractivity contribution in [3.63, 3.8) is 0 Å². The quantitative estimate of drug-likeness (QED) is 0.224. The molecular formula is C6H10BN2O2. The molecule has 2 atom stereocenters. The highest BCUT2D eigenvalue weighted by molar-refractivity contribution is 6.64. The minimum absolute atomic E-state index is 0.0196. The van der Waals surface area contributed by atoms with Crippen molar-refractivity contribution in [3.05, 3.63) is 0 Å². The van der Waals surface area contributed by atoms with Crippen LogP contribution in [0.5, 0.6) is 0 Å². The molecule has 1 heterocycles. The first-order chi connectivity index (χ1) is 5.25. The van der Waals surface area contributed by atoms with Crippen LogP contribution in [0.1, 0.15) is 6.92 Å². The van der Waals surface area contributed by atoms with Crippen LogP contribution >= 0.6 is 0 Å². The van der Waals surface area contributed by atoms with Crippen molar-refractivity contribution in [2.45, 2.75) is 13.0 Å². The maximum Gasteiger partial charge on any atom is 0.290 e. The van der Waals surface area contributed by atoms with Gasteiger partial charge >= 0.3 is 0 Å². The van der Waals surface area contributed by atoms with Gasteiger partial charge in [0.25, 0.3) is 7.41 Å². The molecule has 0 aliphatic carbocycles. The molecule has 0 aromatic heterocycles. The Bertz CT molecular complexity index is 174. The maximum atomic E-state index is 10.8. The number of β-lactam (4-membered cyclic amide) rings is 1. The Balaban J connectivity index is 2.15. The fourth-order valence-corrected chi connectivity index (χ4v) is 1.08. The highest BCUT2D eigenvalue weighted by atomic mass is 16.2. The first-order valence-corrected chi connectivity index (χ1v) is 3.56. The molecule has 1 amide bonds. The van der Waals surface area contributed by atoms with Crippen LogP contribution in [-0.4, -0.2) is 32.1 Å². The van der Waals surface area contributed by atoms with E-state index in [0.717, 1.165) is 0 Å². The number of rotatable bonds is 4. The highest BCUT2D eigenvalue weighted by Crippen LogP contribution is 2.12. The van der Waals surface area contributed by atoms with Gasteiger partial charge in [-0.1, -0.05) is 0 Å². The van der Waals surface area contributed by atoms with Crippen LogP contribution in [0.2, 0.25) is 0 Å². The molecule has 1 radical (unpaired) electrons. The van der Waals surface area contributed by atoms with Gasteiger partial charge in [-0.2, -0.15) is 0 Å². The van der Waals surface area contributed by atoms with Gasteiger partial charge in [0.05, 0.1) is 12.1 Å². The average Bonchev–Trinajstić information content (AvgIpc) is 1.98. The Hall–Kier alpha value is -0.835. The Morgan fingerprint density at radius 2 is 2.55 bits per heavy atom. The van der Waals surface area contributed by atoms with E-state index in [1.54, 1.807) is 0 Å². The Morgan fingerprint density at radius 3 is 3.00 bits per heavy atom. The lowest BCUT2D eigenvalue weighted by Crippen LogP contribution is -2.59. The molecule has 0 spiro atoms. The van der Waals surface area contributed by atoms with E-state index in [1.165, 1.54) is 7.41 Å². The number of hydrogen-bond acceptors (Lipinski definition) is 3. The van der Waals surface area contributed by atoms with Crippen LogP contribution in [0, 0.1) is 5.92 Å². The third-order valence-electron chi connectivity index (χ3n) is 1.83. The third-order valence-corrected chi connectivity index (χ3v) is 1.83. The smallest absolute Gasteiger partial charge is 0.290 e. The molecule has 59 valence electrons. The summed E-state index contributed by atoms with van der Waals surface area (Å²) in [6.07, 6.45) is 0.668. The molecule has 0 aromatic carbocycles. The van der Waals surface area contributed by atoms with Crippen LogP contribution in [0.3, 0.4) is 0 Å². The van der Waals surface area contributed by atoms with Crippen molar-refractivity contribution < 1.29 is 9.59 Å². The lowest BCUT2D eigenvalue weighted by molar-refractivity contribution is -0.133. The van der Waals surface area contributed by atoms with Gasteiger partial charge in [-0.3, -0.25) is 4.79 Å². The van der Waals surface area contributed by atoms with Crippen LogP contribution in [-0.2, 0) is 9.59 Å². The van der Waals surface area contributed by atoms with E-state index in [0.29, 0.717) is 12.7 Å². The molecular weight excluding hydrogens is 143 g/mol. The van der Waals surface area contributed by atoms with Crippen molar-refractivity contribution in [2.75, 3.05) is 6.54 Å². The molecule has 5 heteroatoms. The lowest BCUT2D eigenvalue weighted by atomic mass is 9.89. The lowest BCUT2D eigenvalue weighted by Gasteiger charge is -2.34. The summed E-state index contributed by atoms with van der Waals surface area (Å²) in [4.78, 5) is 20.6. The van der Waals surface area contributed by atoms with E-state index in [1.807, 2.05) is 6.92 Å². The molecule has 1 aliphatic rings. The zero-order valence-corrected chi connectivity index (χ0v) is 6.33. The summed E-state index contributed by atoms with van der Waals surface area (Å²) >= 11 is 0. The second kappa shape index (κ2) is 3.53. The van der Waals surface area contributed by atoms with Crippen LogP contribution < -0.4 is 10.5 Å². The number of hydrogen-bond donors (Lipinski definition) is 2. The second-order valence-electron chi connectivity index (χ2n) is 2.61. The Labute approximate surface area is 66.0 Å². The molecule has 1 fully saturated rings. The van der Waals surface area contributed by atoms with E-state index in [4.69, 9.17) is 0 Å². The van der Waals surface area contributed by atoms with Crippen molar-refractivity contribution in [2.24, 2.45) is 5.92 Å². The fourth-order valence-electron chi connectivity index (χ4n) is 1.08. The number of nitrogens with one attached hydrogen (secondary N) is 2. The molecule has 0 aromatic rings. The van der Waals surface area contributed by atoms with E-state index < -0.39 is 0 Å². The van der Waals surface area contributed by atoms with Gasteiger partial charge in [-0.15, -0.1) is 0 Å². The zero-order chi connectivity index (χ0) is 8.27. The minimum Gasteiger partial charge on any atom is -0.353 e. The SMILES string of the molecule is C[C@H]1NC(=O)[C@@H]1CN[B]C=O. The Kier molecular flexibility index (Phi) is 2.65. The van der Waals surface area contributed by atoms with Crippen molar-refractivity contribution in [1.82, 2.24) is 10.5 Å². The van der Waals surface area contributed by atoms with E-state index in [9.17, 15) is 9.59 Å². The number of carbonyl (C=O) groups excluding carboxylic acids is 2. The summed E-state index contributed by atoms with van der Waals surface area (Å²) in [5.41, 5.74) is 0. The van der Waals surface area contributed by atoms with Crippen molar-refractivity contribution >= 4 is 19.5 Å². The summed E-state index contributed by atoms with van der Waals surface area (Å²) in [6.45, 7) is 2.49. The molecule has 0 bridgehead atoms. The van der Waals surface area contributed by atoms with Gasteiger partial charge < -0.3 is 15.3 Å². The third kappa shape index (κ3) is 1.80. The molecule has 1 aliphatic heterocycles. The highest BCUT2D eigenvalue weighted by Gasteiger charge is 2.34. The monoisotopic (exact) mass is 153 g/mol. The summed E-state index contributed by atoms with van der Waals surface area (Å²) < 4.78 is 0. The van der Waals surface area contributed by atoms with Crippen molar-refractivity contribution in [1.29, 1.82) is 0 Å². The van der Waals surface area contributed by atoms with Gasteiger partial charge in [0.2, 0.25) is 5.91 Å². The molecule has 1 rings (SSSR count). The first kappa shape index (κ1) is 8.26. The normalized spacial score (nSPS) is 28.6. The van der Waals surface area contributed by atoms with Gasteiger partial charge in [0.1, 0.15) is 0 Å². The van der Waals surface area contributed by atoms with Gasteiger partial charge in [-0.05, 0) is 13.5 Å². The molecule has 2 N–H and O–H groups in total. The summed E-state index contributed by atoms with van der Waals surface area (Å²) in [5, 5.41) is 5.45. The molecule has 0 unspecified atom stereocenters. The van der Waals surface area contributed by atoms with Gasteiger partial charge in [0, 0.05) is 6.04 Å². The summed E-state index contributed by atoms with van der Waals surface area (Å²) in [5.74, 6) is 0.0792. The number of amides is 1. The van der Waals surface area contributed by atoms with Crippen molar-refractivity contribution in [3.8, 4) is 0 Å². The fraction of sp³-hybridized carbons (Fsp3) is 0.667. The minimum atomic E-state index is 0.0196. The van der Waals surface area contributed by atoms with E-state index >= 15 is 0 Å². The molecule has 1 saturated heterocycles. The molecule has 0 saturated carbocycles. The average molecular weight is 153 g/mol. The standard InChI is InChI=1S/C6H10BN2O2/c1-4-5(6(11)9-4)2-8-7-3-10/h3-5,8H,2H2,1H3,(H,9,11)/t4-,5-/m1/s1. The van der Waals surface area contributed by atoms with Gasteiger partial charge in [0.15, 0.2) is 0 Å². The predicted octanol–water partition coefficient (Wildman–Crippen LogP) is -1.48. The molecule has 4 nitrogen and oxygen atoms in total. The largest absolute Gasteiger partial charge is 0.353 e. The summed E-state index contributed by atoms with van der Waals surface area (Å²) in [6, 6.07) is 0.232. The van der Waals surface area contributed by atoms with E-state index in [-0.39, 0.29) is 17.9 Å². The zero-order valence-electron chi connectivity index (χ0n) is 6.33. The second-order valence-corrected chi connectivity index (χ2v) is 2.61. The van der Waals surface area contributed by atoms with E-state index in [2.05, 4.69) is 10.5 Å². The first-order valence-electron chi connectivity index (χ1n) is 3.56. The van der Waals surface area contributed by atoms with Crippen LogP contribution in [0.15, 0.2) is 0 Å². The number of carbonyl (C=O) groups is 2. The maximum absolute atomic E-state index is 10.8. The van der Waals surface area contributed by atoms with Crippen LogP contribution in [0.4, 0.5) is 0 Å².